The predicted octanol–water partition coefficient (Wildman–Crippen LogP) is 1.44. The monoisotopic (exact) mass is 274 g/mol. The maximum absolute atomic E-state index is 12.3. The first-order valence-corrected chi connectivity index (χ1v) is 8.87. The van der Waals surface area contributed by atoms with Gasteiger partial charge in [0.05, 0.1) is 5.75 Å². The molecule has 1 atom stereocenters. The van der Waals surface area contributed by atoms with E-state index in [2.05, 4.69) is 12.2 Å². The molecular weight excluding hydrogens is 248 g/mol. The average Bonchev–Trinajstić information content (AvgIpc) is 2.38. The number of hydrogen-bond donors (Lipinski definition) is 1. The SMILES string of the molecule is CC1CCCN(S(=O)(=O)CCC2CCNCC2)C1. The molecular formula is C13H26N2O2S. The predicted molar refractivity (Wildman–Crippen MR) is 74.0 cm³/mol. The molecule has 4 nitrogen and oxygen atoms in total. The Morgan fingerprint density at radius 2 is 1.94 bits per heavy atom. The van der Waals surface area contributed by atoms with Crippen LogP contribution in [0.2, 0.25) is 0 Å². The summed E-state index contributed by atoms with van der Waals surface area (Å²) in [5.41, 5.74) is 0. The Labute approximate surface area is 111 Å². The van der Waals surface area contributed by atoms with E-state index in [-0.39, 0.29) is 0 Å². The number of rotatable bonds is 4. The van der Waals surface area contributed by atoms with Crippen molar-refractivity contribution >= 4 is 10.0 Å². The topological polar surface area (TPSA) is 49.4 Å². The quantitative estimate of drug-likeness (QED) is 0.844. The largest absolute Gasteiger partial charge is 0.317 e. The first-order valence-electron chi connectivity index (χ1n) is 7.26. The molecule has 0 saturated carbocycles. The van der Waals surface area contributed by atoms with Crippen LogP contribution in [0.5, 0.6) is 0 Å². The molecule has 0 amide bonds. The summed E-state index contributed by atoms with van der Waals surface area (Å²) in [4.78, 5) is 0. The van der Waals surface area contributed by atoms with E-state index in [1.165, 1.54) is 6.42 Å². The Hall–Kier alpha value is -0.130. The van der Waals surface area contributed by atoms with Crippen LogP contribution in [0.25, 0.3) is 0 Å². The van der Waals surface area contributed by atoms with Gasteiger partial charge in [-0.1, -0.05) is 6.92 Å². The highest BCUT2D eigenvalue weighted by Crippen LogP contribution is 2.22. The minimum Gasteiger partial charge on any atom is -0.317 e. The zero-order chi connectivity index (χ0) is 13.0. The zero-order valence-electron chi connectivity index (χ0n) is 11.4. The van der Waals surface area contributed by atoms with Crippen molar-refractivity contribution < 1.29 is 8.42 Å². The van der Waals surface area contributed by atoms with Gasteiger partial charge in [0.2, 0.25) is 10.0 Å². The van der Waals surface area contributed by atoms with Gasteiger partial charge in [0.15, 0.2) is 0 Å². The van der Waals surface area contributed by atoms with Gasteiger partial charge in [-0.25, -0.2) is 12.7 Å². The fourth-order valence-electron chi connectivity index (χ4n) is 3.01. The van der Waals surface area contributed by atoms with Crippen LogP contribution in [-0.2, 0) is 10.0 Å². The summed E-state index contributed by atoms with van der Waals surface area (Å²) in [6.07, 6.45) is 5.29. The van der Waals surface area contributed by atoms with Crippen LogP contribution in [0.3, 0.4) is 0 Å². The van der Waals surface area contributed by atoms with Crippen molar-refractivity contribution in [3.05, 3.63) is 0 Å². The second kappa shape index (κ2) is 6.35. The lowest BCUT2D eigenvalue weighted by Gasteiger charge is -2.31. The van der Waals surface area contributed by atoms with Crippen LogP contribution in [0.15, 0.2) is 0 Å². The molecule has 0 aromatic heterocycles. The second-order valence-corrected chi connectivity index (χ2v) is 7.99. The number of nitrogens with zero attached hydrogens (tertiary/aromatic N) is 1. The van der Waals surface area contributed by atoms with Gasteiger partial charge in [-0.2, -0.15) is 0 Å². The van der Waals surface area contributed by atoms with Crippen molar-refractivity contribution in [1.82, 2.24) is 9.62 Å². The third-order valence-electron chi connectivity index (χ3n) is 4.26. The Morgan fingerprint density at radius 3 is 2.61 bits per heavy atom. The van der Waals surface area contributed by atoms with Gasteiger partial charge in [0.25, 0.3) is 0 Å². The average molecular weight is 274 g/mol. The highest BCUT2D eigenvalue weighted by atomic mass is 32.2. The van der Waals surface area contributed by atoms with Gasteiger partial charge in [0, 0.05) is 13.1 Å². The molecule has 0 aromatic carbocycles. The molecule has 2 fully saturated rings. The fraction of sp³-hybridized carbons (Fsp3) is 1.00. The minimum absolute atomic E-state index is 0.352. The van der Waals surface area contributed by atoms with Crippen LogP contribution in [0.1, 0.15) is 39.0 Å². The van der Waals surface area contributed by atoms with Crippen LogP contribution >= 0.6 is 0 Å². The number of piperidine rings is 2. The summed E-state index contributed by atoms with van der Waals surface area (Å²) in [6, 6.07) is 0. The van der Waals surface area contributed by atoms with Gasteiger partial charge < -0.3 is 5.32 Å². The Bertz CT molecular complexity index is 350. The first kappa shape index (κ1) is 14.3. The molecule has 2 aliphatic rings. The normalized spacial score (nSPS) is 28.4. The molecule has 5 heteroatoms. The lowest BCUT2D eigenvalue weighted by atomic mass is 9.96. The highest BCUT2D eigenvalue weighted by Gasteiger charge is 2.27. The first-order chi connectivity index (χ1) is 8.58. The Balaban J connectivity index is 1.82. The molecule has 106 valence electrons. The molecule has 2 rings (SSSR count). The fourth-order valence-corrected chi connectivity index (χ4v) is 4.79. The molecule has 0 spiro atoms. The zero-order valence-corrected chi connectivity index (χ0v) is 12.2. The van der Waals surface area contributed by atoms with Crippen molar-refractivity contribution in [3.63, 3.8) is 0 Å². The van der Waals surface area contributed by atoms with Gasteiger partial charge in [-0.3, -0.25) is 0 Å². The molecule has 2 aliphatic heterocycles. The third-order valence-corrected chi connectivity index (χ3v) is 6.13. The van der Waals surface area contributed by atoms with E-state index in [1.807, 2.05) is 0 Å². The van der Waals surface area contributed by atoms with Gasteiger partial charge in [-0.15, -0.1) is 0 Å². The van der Waals surface area contributed by atoms with Crippen molar-refractivity contribution in [2.45, 2.75) is 39.0 Å². The van der Waals surface area contributed by atoms with E-state index in [1.54, 1.807) is 4.31 Å². The van der Waals surface area contributed by atoms with Crippen molar-refractivity contribution in [3.8, 4) is 0 Å². The molecule has 18 heavy (non-hydrogen) atoms. The highest BCUT2D eigenvalue weighted by molar-refractivity contribution is 7.89. The minimum atomic E-state index is -3.00. The summed E-state index contributed by atoms with van der Waals surface area (Å²) in [5, 5.41) is 3.32. The summed E-state index contributed by atoms with van der Waals surface area (Å²) in [6.45, 7) is 5.71. The van der Waals surface area contributed by atoms with E-state index in [0.717, 1.165) is 51.9 Å². The second-order valence-electron chi connectivity index (χ2n) is 5.90. The molecule has 0 aromatic rings. The van der Waals surface area contributed by atoms with Crippen molar-refractivity contribution in [1.29, 1.82) is 0 Å². The van der Waals surface area contributed by atoms with Crippen LogP contribution in [0, 0.1) is 11.8 Å². The maximum Gasteiger partial charge on any atom is 0.214 e. The van der Waals surface area contributed by atoms with E-state index < -0.39 is 10.0 Å². The smallest absolute Gasteiger partial charge is 0.214 e. The summed E-state index contributed by atoms with van der Waals surface area (Å²) < 4.78 is 26.3. The molecule has 2 saturated heterocycles. The van der Waals surface area contributed by atoms with E-state index in [9.17, 15) is 8.42 Å². The summed E-state index contributed by atoms with van der Waals surface area (Å²) in [7, 11) is -3.00. The van der Waals surface area contributed by atoms with E-state index in [4.69, 9.17) is 0 Å². The van der Waals surface area contributed by atoms with Gasteiger partial charge in [0.1, 0.15) is 0 Å². The van der Waals surface area contributed by atoms with Crippen molar-refractivity contribution in [2.24, 2.45) is 11.8 Å². The third kappa shape index (κ3) is 3.93. The van der Waals surface area contributed by atoms with Crippen LogP contribution in [-0.4, -0.2) is 44.7 Å². The van der Waals surface area contributed by atoms with Crippen LogP contribution in [0.4, 0.5) is 0 Å². The molecule has 2 heterocycles. The number of nitrogens with one attached hydrogen (secondary N) is 1. The van der Waals surface area contributed by atoms with Crippen LogP contribution < -0.4 is 5.32 Å². The summed E-state index contributed by atoms with van der Waals surface area (Å²) in [5.74, 6) is 1.47. The van der Waals surface area contributed by atoms with Crippen molar-refractivity contribution in [2.75, 3.05) is 31.9 Å². The lowest BCUT2D eigenvalue weighted by molar-refractivity contribution is 0.279. The molecule has 1 N–H and O–H groups in total. The maximum atomic E-state index is 12.3. The number of hydrogen-bond acceptors (Lipinski definition) is 3. The van der Waals surface area contributed by atoms with E-state index >= 15 is 0 Å². The van der Waals surface area contributed by atoms with E-state index in [0.29, 0.717) is 17.6 Å². The molecule has 0 aliphatic carbocycles. The molecule has 1 unspecified atom stereocenters. The molecule has 0 radical (unpaired) electrons. The summed E-state index contributed by atoms with van der Waals surface area (Å²) >= 11 is 0. The van der Waals surface area contributed by atoms with Gasteiger partial charge in [-0.05, 0) is 57.0 Å². The van der Waals surface area contributed by atoms with Gasteiger partial charge >= 0.3 is 0 Å². The Kier molecular flexibility index (Phi) is 5.04. The number of sulfonamides is 1. The Morgan fingerprint density at radius 1 is 1.22 bits per heavy atom. The lowest BCUT2D eigenvalue weighted by Crippen LogP contribution is -2.41. The standard InChI is InChI=1S/C13H26N2O2S/c1-12-3-2-9-15(11-12)18(16,17)10-6-13-4-7-14-8-5-13/h12-14H,2-11H2,1H3. The molecule has 0 bridgehead atoms.